The molecule has 1 aliphatic carbocycles. The number of nitrogens with one attached hydrogen (secondary N) is 1. The molecule has 0 heterocycles. The molecule has 1 nitrogen and oxygen atoms in total. The van der Waals surface area contributed by atoms with Crippen LogP contribution in [0.25, 0.3) is 0 Å². The summed E-state index contributed by atoms with van der Waals surface area (Å²) in [5, 5.41) is 3.32. The van der Waals surface area contributed by atoms with Crippen LogP contribution in [0, 0.1) is 5.92 Å². The first kappa shape index (κ1) is 11.8. The first-order chi connectivity index (χ1) is 6.47. The van der Waals surface area contributed by atoms with E-state index in [0.717, 1.165) is 6.54 Å². The molecule has 0 aliphatic heterocycles. The predicted molar refractivity (Wildman–Crippen MR) is 50.1 cm³/mol. The molecule has 1 saturated carbocycles. The summed E-state index contributed by atoms with van der Waals surface area (Å²) in [4.78, 5) is 0. The Hall–Kier alpha value is -0.250. The molecule has 0 bridgehead atoms. The molecule has 0 amide bonds. The standard InChI is InChI=1S/C10H18F3N/c1-8(7-14-9-4-5-9)3-2-6-10(11,12)13/h8-9,14H,2-7H2,1H3. The molecule has 1 rings (SSSR count). The molecule has 4 heteroatoms. The van der Waals surface area contributed by atoms with Gasteiger partial charge in [-0.05, 0) is 38.1 Å². The Kier molecular flexibility index (Phi) is 4.23. The second-order valence-electron chi connectivity index (χ2n) is 4.30. The highest BCUT2D eigenvalue weighted by molar-refractivity contribution is 4.81. The fourth-order valence-electron chi connectivity index (χ4n) is 1.41. The van der Waals surface area contributed by atoms with E-state index in [0.29, 0.717) is 18.4 Å². The van der Waals surface area contributed by atoms with Gasteiger partial charge in [-0.2, -0.15) is 13.2 Å². The third-order valence-electron chi connectivity index (χ3n) is 2.49. The van der Waals surface area contributed by atoms with E-state index < -0.39 is 12.6 Å². The Morgan fingerprint density at radius 1 is 1.36 bits per heavy atom. The number of alkyl halides is 3. The van der Waals surface area contributed by atoms with Gasteiger partial charge in [-0.25, -0.2) is 0 Å². The second-order valence-corrected chi connectivity index (χ2v) is 4.30. The molecule has 14 heavy (non-hydrogen) atoms. The Bertz CT molecular complexity index is 163. The van der Waals surface area contributed by atoms with Crippen LogP contribution in [0.2, 0.25) is 0 Å². The molecule has 0 spiro atoms. The minimum atomic E-state index is -3.98. The maximum Gasteiger partial charge on any atom is 0.389 e. The SMILES string of the molecule is CC(CCCC(F)(F)F)CNC1CC1. The van der Waals surface area contributed by atoms with Crippen LogP contribution < -0.4 is 5.32 Å². The van der Waals surface area contributed by atoms with E-state index in [4.69, 9.17) is 0 Å². The van der Waals surface area contributed by atoms with Crippen molar-refractivity contribution in [2.24, 2.45) is 5.92 Å². The molecule has 0 aromatic carbocycles. The lowest BCUT2D eigenvalue weighted by molar-refractivity contribution is -0.136. The van der Waals surface area contributed by atoms with Gasteiger partial charge < -0.3 is 5.32 Å². The molecule has 0 radical (unpaired) electrons. The van der Waals surface area contributed by atoms with Crippen molar-refractivity contribution in [1.82, 2.24) is 5.32 Å². The van der Waals surface area contributed by atoms with Gasteiger partial charge in [0.05, 0.1) is 0 Å². The van der Waals surface area contributed by atoms with E-state index in [1.165, 1.54) is 12.8 Å². The van der Waals surface area contributed by atoms with Gasteiger partial charge in [0.25, 0.3) is 0 Å². The van der Waals surface area contributed by atoms with Crippen molar-refractivity contribution in [2.75, 3.05) is 6.54 Å². The largest absolute Gasteiger partial charge is 0.389 e. The molecule has 1 fully saturated rings. The smallest absolute Gasteiger partial charge is 0.314 e. The summed E-state index contributed by atoms with van der Waals surface area (Å²) in [6.07, 6.45) is -1.23. The monoisotopic (exact) mass is 209 g/mol. The van der Waals surface area contributed by atoms with E-state index >= 15 is 0 Å². The van der Waals surface area contributed by atoms with Gasteiger partial charge in [-0.15, -0.1) is 0 Å². The van der Waals surface area contributed by atoms with Crippen LogP contribution in [0.15, 0.2) is 0 Å². The van der Waals surface area contributed by atoms with Crippen molar-refractivity contribution in [1.29, 1.82) is 0 Å². The third kappa shape index (κ3) is 6.24. The maximum atomic E-state index is 11.8. The molecular weight excluding hydrogens is 191 g/mol. The zero-order valence-electron chi connectivity index (χ0n) is 8.53. The summed E-state index contributed by atoms with van der Waals surface area (Å²) in [6, 6.07) is 0.653. The summed E-state index contributed by atoms with van der Waals surface area (Å²) in [7, 11) is 0. The van der Waals surface area contributed by atoms with E-state index in [-0.39, 0.29) is 6.42 Å². The van der Waals surface area contributed by atoms with Crippen molar-refractivity contribution in [3.05, 3.63) is 0 Å². The van der Waals surface area contributed by atoms with E-state index in [1.807, 2.05) is 6.92 Å². The molecule has 1 N–H and O–H groups in total. The minimum absolute atomic E-state index is 0.261. The van der Waals surface area contributed by atoms with Crippen LogP contribution in [-0.4, -0.2) is 18.8 Å². The lowest BCUT2D eigenvalue weighted by Crippen LogP contribution is -2.23. The van der Waals surface area contributed by atoms with Gasteiger partial charge in [0, 0.05) is 12.5 Å². The Balaban J connectivity index is 1.93. The summed E-state index contributed by atoms with van der Waals surface area (Å²) >= 11 is 0. The lowest BCUT2D eigenvalue weighted by atomic mass is 10.0. The molecular formula is C10H18F3N. The number of halogens is 3. The van der Waals surface area contributed by atoms with Crippen molar-refractivity contribution in [3.63, 3.8) is 0 Å². The predicted octanol–water partition coefficient (Wildman–Crippen LogP) is 3.11. The van der Waals surface area contributed by atoms with Gasteiger partial charge >= 0.3 is 6.18 Å². The molecule has 0 aromatic rings. The highest BCUT2D eigenvalue weighted by atomic mass is 19.4. The highest BCUT2D eigenvalue weighted by Crippen LogP contribution is 2.24. The van der Waals surface area contributed by atoms with Crippen molar-refractivity contribution >= 4 is 0 Å². The quantitative estimate of drug-likeness (QED) is 0.708. The molecule has 0 saturated heterocycles. The van der Waals surface area contributed by atoms with Crippen LogP contribution >= 0.6 is 0 Å². The van der Waals surface area contributed by atoms with Crippen molar-refractivity contribution in [2.45, 2.75) is 51.2 Å². The minimum Gasteiger partial charge on any atom is -0.314 e. The van der Waals surface area contributed by atoms with E-state index in [2.05, 4.69) is 5.32 Å². The van der Waals surface area contributed by atoms with Crippen LogP contribution in [0.1, 0.15) is 39.0 Å². The molecule has 1 aliphatic rings. The van der Waals surface area contributed by atoms with E-state index in [9.17, 15) is 13.2 Å². The average Bonchev–Trinajstić information content (AvgIpc) is 2.81. The highest BCUT2D eigenvalue weighted by Gasteiger charge is 2.26. The van der Waals surface area contributed by atoms with Gasteiger partial charge in [-0.3, -0.25) is 0 Å². The zero-order valence-corrected chi connectivity index (χ0v) is 8.53. The van der Waals surface area contributed by atoms with Gasteiger partial charge in [0.2, 0.25) is 0 Å². The molecule has 1 atom stereocenters. The van der Waals surface area contributed by atoms with Crippen LogP contribution in [0.5, 0.6) is 0 Å². The molecule has 1 unspecified atom stereocenters. The summed E-state index contributed by atoms with van der Waals surface area (Å²) in [5.74, 6) is 0.359. The van der Waals surface area contributed by atoms with Gasteiger partial charge in [0.1, 0.15) is 0 Å². The fraction of sp³-hybridized carbons (Fsp3) is 1.00. The Labute approximate surface area is 83.1 Å². The van der Waals surface area contributed by atoms with Crippen molar-refractivity contribution in [3.8, 4) is 0 Å². The van der Waals surface area contributed by atoms with Crippen LogP contribution in [0.4, 0.5) is 13.2 Å². The zero-order chi connectivity index (χ0) is 10.6. The number of hydrogen-bond donors (Lipinski definition) is 1. The van der Waals surface area contributed by atoms with Gasteiger partial charge in [0.15, 0.2) is 0 Å². The van der Waals surface area contributed by atoms with Crippen LogP contribution in [0.3, 0.4) is 0 Å². The number of hydrogen-bond acceptors (Lipinski definition) is 1. The van der Waals surface area contributed by atoms with Gasteiger partial charge in [-0.1, -0.05) is 6.92 Å². The lowest BCUT2D eigenvalue weighted by Gasteiger charge is -2.12. The first-order valence-corrected chi connectivity index (χ1v) is 5.27. The fourth-order valence-corrected chi connectivity index (χ4v) is 1.41. The molecule has 84 valence electrons. The van der Waals surface area contributed by atoms with E-state index in [1.54, 1.807) is 0 Å². The maximum absolute atomic E-state index is 11.8. The summed E-state index contributed by atoms with van der Waals surface area (Å²) in [6.45, 7) is 2.87. The van der Waals surface area contributed by atoms with Crippen LogP contribution in [-0.2, 0) is 0 Å². The summed E-state index contributed by atoms with van der Waals surface area (Å²) < 4.78 is 35.4. The second kappa shape index (κ2) is 5.01. The number of rotatable bonds is 6. The first-order valence-electron chi connectivity index (χ1n) is 5.27. The topological polar surface area (TPSA) is 12.0 Å². The molecule has 0 aromatic heterocycles. The Morgan fingerprint density at radius 3 is 2.50 bits per heavy atom. The third-order valence-corrected chi connectivity index (χ3v) is 2.49. The normalized spacial score (nSPS) is 19.7. The summed E-state index contributed by atoms with van der Waals surface area (Å²) in [5.41, 5.74) is 0. The Morgan fingerprint density at radius 2 is 2.00 bits per heavy atom. The van der Waals surface area contributed by atoms with Crippen molar-refractivity contribution < 1.29 is 13.2 Å². The average molecular weight is 209 g/mol.